The number of ether oxygens (including phenoxy) is 3. The summed E-state index contributed by atoms with van der Waals surface area (Å²) in [6.07, 6.45) is -3.38. The molecule has 1 unspecified atom stereocenters. The molecule has 6 nitrogen and oxygen atoms in total. The smallest absolute Gasteiger partial charge is 0.338 e. The molecule has 1 heterocycles. The van der Waals surface area contributed by atoms with E-state index in [4.69, 9.17) is 14.2 Å². The van der Waals surface area contributed by atoms with Gasteiger partial charge in [0.2, 0.25) is 0 Å². The molecule has 1 aromatic carbocycles. The summed E-state index contributed by atoms with van der Waals surface area (Å²) in [5.41, 5.74) is -0.601. The van der Waals surface area contributed by atoms with Crippen LogP contribution in [0.2, 0.25) is 0 Å². The highest BCUT2D eigenvalue weighted by Gasteiger charge is 2.71. The number of methoxy groups -OCH3 is 1. The Kier molecular flexibility index (Phi) is 3.25. The molecule has 2 N–H and O–H groups in total. The molecule has 1 saturated heterocycles. The standard InChI is InChI=1S/C14H16O6/c1-18-13-10(15)11(16)14(20-13)7-9(14)19-12(17)8-5-3-2-4-6-8/h2-6,9-11,13,15-16H,7H2,1H3/t9-,10?,11-,13-,14-/m1/s1. The lowest BCUT2D eigenvalue weighted by molar-refractivity contribution is -0.159. The van der Waals surface area contributed by atoms with Crippen LogP contribution in [-0.2, 0) is 14.2 Å². The predicted octanol–water partition coefficient (Wildman–Crippen LogP) is 0.0790. The maximum absolute atomic E-state index is 11.9. The number of carbonyl (C=O) groups excluding carboxylic acids is 1. The third-order valence-corrected chi connectivity index (χ3v) is 3.82. The van der Waals surface area contributed by atoms with Gasteiger partial charge in [-0.05, 0) is 12.1 Å². The minimum atomic E-state index is -1.14. The van der Waals surface area contributed by atoms with Crippen LogP contribution in [0.1, 0.15) is 16.8 Å². The number of hydrogen-bond acceptors (Lipinski definition) is 6. The Hall–Kier alpha value is -1.47. The number of benzene rings is 1. The van der Waals surface area contributed by atoms with E-state index in [1.54, 1.807) is 30.3 Å². The molecule has 0 radical (unpaired) electrons. The van der Waals surface area contributed by atoms with Gasteiger partial charge in [-0.2, -0.15) is 0 Å². The van der Waals surface area contributed by atoms with E-state index in [9.17, 15) is 15.0 Å². The second kappa shape index (κ2) is 4.82. The van der Waals surface area contributed by atoms with Crippen LogP contribution in [0.25, 0.3) is 0 Å². The molecule has 108 valence electrons. The summed E-state index contributed by atoms with van der Waals surface area (Å²) in [4.78, 5) is 11.9. The van der Waals surface area contributed by atoms with Crippen LogP contribution in [0.4, 0.5) is 0 Å². The highest BCUT2D eigenvalue weighted by atomic mass is 16.7. The summed E-state index contributed by atoms with van der Waals surface area (Å²) in [5, 5.41) is 19.8. The van der Waals surface area contributed by atoms with Crippen molar-refractivity contribution in [2.45, 2.75) is 36.6 Å². The van der Waals surface area contributed by atoms with Gasteiger partial charge < -0.3 is 24.4 Å². The van der Waals surface area contributed by atoms with Crippen molar-refractivity contribution in [1.29, 1.82) is 0 Å². The first-order chi connectivity index (χ1) is 9.58. The van der Waals surface area contributed by atoms with Crippen LogP contribution >= 0.6 is 0 Å². The highest BCUT2D eigenvalue weighted by molar-refractivity contribution is 5.89. The molecule has 1 aliphatic carbocycles. The monoisotopic (exact) mass is 280 g/mol. The van der Waals surface area contributed by atoms with Crippen molar-refractivity contribution in [3.63, 3.8) is 0 Å². The highest BCUT2D eigenvalue weighted by Crippen LogP contribution is 2.52. The van der Waals surface area contributed by atoms with E-state index < -0.39 is 36.2 Å². The number of aliphatic hydroxyl groups excluding tert-OH is 2. The van der Waals surface area contributed by atoms with Crippen molar-refractivity contribution >= 4 is 5.97 Å². The molecular weight excluding hydrogens is 264 g/mol. The molecule has 0 bridgehead atoms. The van der Waals surface area contributed by atoms with E-state index in [1.807, 2.05) is 0 Å². The summed E-state index contributed by atoms with van der Waals surface area (Å²) >= 11 is 0. The average Bonchev–Trinajstić information content (AvgIpc) is 3.11. The van der Waals surface area contributed by atoms with Gasteiger partial charge in [0.15, 0.2) is 6.29 Å². The third kappa shape index (κ3) is 2.01. The zero-order chi connectivity index (χ0) is 14.3. The zero-order valence-electron chi connectivity index (χ0n) is 10.9. The maximum Gasteiger partial charge on any atom is 0.338 e. The second-order valence-corrected chi connectivity index (χ2v) is 5.08. The maximum atomic E-state index is 11.9. The largest absolute Gasteiger partial charge is 0.455 e. The summed E-state index contributed by atoms with van der Waals surface area (Å²) < 4.78 is 15.7. The molecule has 20 heavy (non-hydrogen) atoms. The Balaban J connectivity index is 1.66. The number of rotatable bonds is 3. The Morgan fingerprint density at radius 1 is 1.35 bits per heavy atom. The van der Waals surface area contributed by atoms with Crippen molar-refractivity contribution < 1.29 is 29.2 Å². The van der Waals surface area contributed by atoms with E-state index in [1.165, 1.54) is 7.11 Å². The average molecular weight is 280 g/mol. The van der Waals surface area contributed by atoms with Crippen LogP contribution in [0.15, 0.2) is 30.3 Å². The lowest BCUT2D eigenvalue weighted by atomic mass is 10.1. The second-order valence-electron chi connectivity index (χ2n) is 5.08. The van der Waals surface area contributed by atoms with E-state index in [0.29, 0.717) is 12.0 Å². The molecule has 6 heteroatoms. The molecule has 0 aromatic heterocycles. The molecule has 2 fully saturated rings. The minimum Gasteiger partial charge on any atom is -0.455 e. The van der Waals surface area contributed by atoms with Gasteiger partial charge in [-0.25, -0.2) is 4.79 Å². The fraction of sp³-hybridized carbons (Fsp3) is 0.500. The molecule has 5 atom stereocenters. The lowest BCUT2D eigenvalue weighted by Gasteiger charge is -2.14. The van der Waals surface area contributed by atoms with Gasteiger partial charge in [-0.15, -0.1) is 0 Å². The molecule has 1 aliphatic heterocycles. The molecular formula is C14H16O6. The summed E-state index contributed by atoms with van der Waals surface area (Å²) in [6, 6.07) is 8.58. The third-order valence-electron chi connectivity index (χ3n) is 3.82. The van der Waals surface area contributed by atoms with E-state index >= 15 is 0 Å². The fourth-order valence-corrected chi connectivity index (χ4v) is 2.56. The van der Waals surface area contributed by atoms with Gasteiger partial charge in [-0.1, -0.05) is 18.2 Å². The summed E-state index contributed by atoms with van der Waals surface area (Å²) in [7, 11) is 1.38. The lowest BCUT2D eigenvalue weighted by Crippen LogP contribution is -2.36. The molecule has 1 saturated carbocycles. The van der Waals surface area contributed by atoms with Gasteiger partial charge in [-0.3, -0.25) is 0 Å². The van der Waals surface area contributed by atoms with Crippen LogP contribution in [0.5, 0.6) is 0 Å². The summed E-state index contributed by atoms with van der Waals surface area (Å²) in [6.45, 7) is 0. The van der Waals surface area contributed by atoms with Crippen molar-refractivity contribution in [2.24, 2.45) is 0 Å². The van der Waals surface area contributed by atoms with Gasteiger partial charge in [0.05, 0.1) is 5.56 Å². The Bertz CT molecular complexity index is 504. The Labute approximate surface area is 115 Å². The molecule has 1 spiro atoms. The van der Waals surface area contributed by atoms with Crippen LogP contribution in [0.3, 0.4) is 0 Å². The number of carbonyl (C=O) groups is 1. The molecule has 1 aromatic rings. The topological polar surface area (TPSA) is 85.2 Å². The minimum absolute atomic E-state index is 0.351. The quantitative estimate of drug-likeness (QED) is 0.763. The van der Waals surface area contributed by atoms with Crippen molar-refractivity contribution in [3.8, 4) is 0 Å². The molecule has 0 amide bonds. The van der Waals surface area contributed by atoms with Crippen LogP contribution in [0, 0.1) is 0 Å². The zero-order valence-corrected chi connectivity index (χ0v) is 10.9. The van der Waals surface area contributed by atoms with Crippen molar-refractivity contribution in [1.82, 2.24) is 0 Å². The number of hydrogen-bond donors (Lipinski definition) is 2. The van der Waals surface area contributed by atoms with Gasteiger partial charge in [0.25, 0.3) is 0 Å². The van der Waals surface area contributed by atoms with E-state index in [-0.39, 0.29) is 0 Å². The van der Waals surface area contributed by atoms with Crippen molar-refractivity contribution in [2.75, 3.05) is 7.11 Å². The Morgan fingerprint density at radius 2 is 2.05 bits per heavy atom. The summed E-state index contributed by atoms with van der Waals surface area (Å²) in [5.74, 6) is -0.473. The predicted molar refractivity (Wildman–Crippen MR) is 66.9 cm³/mol. The van der Waals surface area contributed by atoms with Gasteiger partial charge in [0.1, 0.15) is 23.9 Å². The Morgan fingerprint density at radius 3 is 2.65 bits per heavy atom. The van der Waals surface area contributed by atoms with E-state index in [2.05, 4.69) is 0 Å². The SMILES string of the molecule is CO[C@@H]1O[C@@]2(C[C@H]2OC(=O)c2ccccc2)[C@H](O)C1O. The number of esters is 1. The normalized spacial score (nSPS) is 39.0. The first kappa shape index (κ1) is 13.5. The molecule has 2 aliphatic rings. The van der Waals surface area contributed by atoms with Crippen LogP contribution < -0.4 is 0 Å². The van der Waals surface area contributed by atoms with Gasteiger partial charge in [0, 0.05) is 13.5 Å². The first-order valence-electron chi connectivity index (χ1n) is 6.41. The van der Waals surface area contributed by atoms with E-state index in [0.717, 1.165) is 0 Å². The number of aliphatic hydroxyl groups is 2. The first-order valence-corrected chi connectivity index (χ1v) is 6.41. The van der Waals surface area contributed by atoms with Gasteiger partial charge >= 0.3 is 5.97 Å². The fourth-order valence-electron chi connectivity index (χ4n) is 2.56. The van der Waals surface area contributed by atoms with Crippen molar-refractivity contribution in [3.05, 3.63) is 35.9 Å². The van der Waals surface area contributed by atoms with Crippen LogP contribution in [-0.4, -0.2) is 53.5 Å². The molecule has 3 rings (SSSR count).